The first-order valence-corrected chi connectivity index (χ1v) is 9.12. The Morgan fingerprint density at radius 3 is 2.71 bits per heavy atom. The van der Waals surface area contributed by atoms with Gasteiger partial charge in [0.15, 0.2) is 0 Å². The zero-order valence-electron chi connectivity index (χ0n) is 11.8. The van der Waals surface area contributed by atoms with Crippen LogP contribution in [0.5, 0.6) is 0 Å². The highest BCUT2D eigenvalue weighted by molar-refractivity contribution is 9.10. The predicted octanol–water partition coefficient (Wildman–Crippen LogP) is 1.79. The highest BCUT2D eigenvalue weighted by Crippen LogP contribution is 2.30. The fraction of sp³-hybridized carbons (Fsp3) is 0.538. The normalized spacial score (nSPS) is 23.9. The van der Waals surface area contributed by atoms with Gasteiger partial charge in [0, 0.05) is 23.6 Å². The molecule has 1 heterocycles. The topological polar surface area (TPSA) is 60.9 Å². The lowest BCUT2D eigenvalue weighted by Gasteiger charge is -2.26. The molecule has 118 valence electrons. The quantitative estimate of drug-likeness (QED) is 0.841. The second-order valence-electron chi connectivity index (χ2n) is 5.46. The molecule has 0 aliphatic carbocycles. The van der Waals surface area contributed by atoms with Crippen molar-refractivity contribution in [1.29, 1.82) is 0 Å². The minimum absolute atomic E-state index is 0.126. The van der Waals surface area contributed by atoms with Crippen molar-refractivity contribution < 1.29 is 13.5 Å². The molecule has 0 bridgehead atoms. The number of likely N-dealkylation sites (N-methyl/N-ethyl adjacent to an activating group) is 1. The summed E-state index contributed by atoms with van der Waals surface area (Å²) in [6, 6.07) is 4.30. The van der Waals surface area contributed by atoms with Crippen LogP contribution in [0.25, 0.3) is 0 Å². The number of sulfonamides is 1. The SMILES string of the molecule is CN(C)CC1CC(O)CN1S(=O)(=O)c1ccc(Cl)c(Br)c1. The fourth-order valence-corrected chi connectivity index (χ4v) is 4.86. The summed E-state index contributed by atoms with van der Waals surface area (Å²) in [5, 5.41) is 10.3. The average molecular weight is 398 g/mol. The van der Waals surface area contributed by atoms with Gasteiger partial charge in [0.25, 0.3) is 0 Å². The first-order chi connectivity index (χ1) is 9.71. The molecule has 1 aliphatic rings. The molecule has 2 unspecified atom stereocenters. The van der Waals surface area contributed by atoms with Crippen LogP contribution >= 0.6 is 27.5 Å². The highest BCUT2D eigenvalue weighted by Gasteiger charge is 2.39. The van der Waals surface area contributed by atoms with Crippen molar-refractivity contribution in [2.24, 2.45) is 0 Å². The molecular weight excluding hydrogens is 380 g/mol. The Kier molecular flexibility index (Phi) is 5.33. The number of aliphatic hydroxyl groups is 1. The summed E-state index contributed by atoms with van der Waals surface area (Å²) in [5.74, 6) is 0. The summed E-state index contributed by atoms with van der Waals surface area (Å²) in [6.07, 6.45) is -0.174. The van der Waals surface area contributed by atoms with E-state index in [0.29, 0.717) is 22.5 Å². The van der Waals surface area contributed by atoms with Gasteiger partial charge >= 0.3 is 0 Å². The number of rotatable bonds is 4. The third-order valence-corrected chi connectivity index (χ3v) is 6.54. The lowest BCUT2D eigenvalue weighted by Crippen LogP contribution is -2.41. The maximum Gasteiger partial charge on any atom is 0.243 e. The van der Waals surface area contributed by atoms with Gasteiger partial charge in [-0.25, -0.2) is 8.42 Å². The highest BCUT2D eigenvalue weighted by atomic mass is 79.9. The van der Waals surface area contributed by atoms with Crippen molar-refractivity contribution in [3.8, 4) is 0 Å². The number of hydrogen-bond donors (Lipinski definition) is 1. The van der Waals surface area contributed by atoms with Crippen LogP contribution in [0.2, 0.25) is 5.02 Å². The third-order valence-electron chi connectivity index (χ3n) is 3.42. The summed E-state index contributed by atoms with van der Waals surface area (Å²) in [4.78, 5) is 2.10. The van der Waals surface area contributed by atoms with Gasteiger partial charge in [-0.15, -0.1) is 0 Å². The molecule has 1 aromatic rings. The molecule has 8 heteroatoms. The molecule has 1 fully saturated rings. The van der Waals surface area contributed by atoms with E-state index in [9.17, 15) is 13.5 Å². The fourth-order valence-electron chi connectivity index (χ4n) is 2.52. The minimum atomic E-state index is -3.65. The molecule has 0 radical (unpaired) electrons. The number of β-amino-alcohol motifs (C(OH)–C–C–N with tert-alkyl or cyclic N) is 1. The standard InChI is InChI=1S/C13H18BrClN2O3S/c1-16(2)7-9-5-10(18)8-17(9)21(19,20)11-3-4-13(15)12(14)6-11/h3-4,6,9-10,18H,5,7-8H2,1-2H3. The summed E-state index contributed by atoms with van der Waals surface area (Å²) < 4.78 is 27.5. The van der Waals surface area contributed by atoms with E-state index < -0.39 is 16.1 Å². The Balaban J connectivity index is 2.34. The maximum atomic E-state index is 12.8. The van der Waals surface area contributed by atoms with E-state index in [1.165, 1.54) is 16.4 Å². The molecule has 1 aliphatic heterocycles. The average Bonchev–Trinajstić information content (AvgIpc) is 2.73. The van der Waals surface area contributed by atoms with Crippen molar-refractivity contribution in [2.75, 3.05) is 27.2 Å². The number of aliphatic hydroxyl groups excluding tert-OH is 1. The van der Waals surface area contributed by atoms with Crippen LogP contribution in [-0.4, -0.2) is 62.1 Å². The van der Waals surface area contributed by atoms with Crippen LogP contribution in [0.3, 0.4) is 0 Å². The van der Waals surface area contributed by atoms with E-state index >= 15 is 0 Å². The van der Waals surface area contributed by atoms with Crippen molar-refractivity contribution in [1.82, 2.24) is 9.21 Å². The summed E-state index contributed by atoms with van der Waals surface area (Å²) in [7, 11) is 0.119. The maximum absolute atomic E-state index is 12.8. The smallest absolute Gasteiger partial charge is 0.243 e. The number of nitrogens with zero attached hydrogens (tertiary/aromatic N) is 2. The van der Waals surface area contributed by atoms with E-state index in [0.717, 1.165) is 0 Å². The lowest BCUT2D eigenvalue weighted by atomic mass is 10.2. The van der Waals surface area contributed by atoms with E-state index in [1.807, 2.05) is 19.0 Å². The van der Waals surface area contributed by atoms with Crippen molar-refractivity contribution in [3.63, 3.8) is 0 Å². The Hall–Kier alpha value is -0.180. The second kappa shape index (κ2) is 6.52. The molecule has 0 spiro atoms. The van der Waals surface area contributed by atoms with E-state index in [-0.39, 0.29) is 17.5 Å². The summed E-state index contributed by atoms with van der Waals surface area (Å²) >= 11 is 9.15. The first-order valence-electron chi connectivity index (χ1n) is 6.51. The van der Waals surface area contributed by atoms with Crippen LogP contribution < -0.4 is 0 Å². The van der Waals surface area contributed by atoms with Gasteiger partial charge in [0.2, 0.25) is 10.0 Å². The van der Waals surface area contributed by atoms with Gasteiger partial charge in [0.05, 0.1) is 16.0 Å². The Morgan fingerprint density at radius 2 is 2.14 bits per heavy atom. The molecule has 21 heavy (non-hydrogen) atoms. The number of halogens is 2. The third kappa shape index (κ3) is 3.78. The van der Waals surface area contributed by atoms with Crippen molar-refractivity contribution in [2.45, 2.75) is 23.5 Å². The van der Waals surface area contributed by atoms with Crippen molar-refractivity contribution in [3.05, 3.63) is 27.7 Å². The van der Waals surface area contributed by atoms with E-state index in [2.05, 4.69) is 15.9 Å². The molecule has 1 saturated heterocycles. The lowest BCUT2D eigenvalue weighted by molar-refractivity contribution is 0.188. The monoisotopic (exact) mass is 396 g/mol. The van der Waals surface area contributed by atoms with Crippen LogP contribution in [0, 0.1) is 0 Å². The molecular formula is C13H18BrClN2O3S. The molecule has 5 nitrogen and oxygen atoms in total. The Morgan fingerprint density at radius 1 is 1.48 bits per heavy atom. The van der Waals surface area contributed by atoms with Gasteiger partial charge in [-0.2, -0.15) is 4.31 Å². The van der Waals surface area contributed by atoms with Gasteiger partial charge < -0.3 is 10.0 Å². The molecule has 1 aromatic carbocycles. The Bertz CT molecular complexity index is 624. The van der Waals surface area contributed by atoms with Crippen LogP contribution in [-0.2, 0) is 10.0 Å². The molecule has 0 aromatic heterocycles. The van der Waals surface area contributed by atoms with Crippen LogP contribution in [0.15, 0.2) is 27.6 Å². The van der Waals surface area contributed by atoms with E-state index in [1.54, 1.807) is 6.07 Å². The van der Waals surface area contributed by atoms with Gasteiger partial charge in [0.1, 0.15) is 0 Å². The van der Waals surface area contributed by atoms with E-state index in [4.69, 9.17) is 11.6 Å². The second-order valence-corrected chi connectivity index (χ2v) is 8.61. The molecule has 0 amide bonds. The van der Waals surface area contributed by atoms with Gasteiger partial charge in [-0.05, 0) is 54.6 Å². The number of hydrogen-bond acceptors (Lipinski definition) is 4. The predicted molar refractivity (Wildman–Crippen MR) is 86.0 cm³/mol. The van der Waals surface area contributed by atoms with Gasteiger partial charge in [-0.3, -0.25) is 0 Å². The van der Waals surface area contributed by atoms with Crippen LogP contribution in [0.4, 0.5) is 0 Å². The summed E-state index contributed by atoms with van der Waals surface area (Å²) in [5.41, 5.74) is 0. The molecule has 2 atom stereocenters. The van der Waals surface area contributed by atoms with Crippen molar-refractivity contribution >= 4 is 37.6 Å². The molecule has 0 saturated carbocycles. The molecule has 1 N–H and O–H groups in total. The molecule has 2 rings (SSSR count). The van der Waals surface area contributed by atoms with Gasteiger partial charge in [-0.1, -0.05) is 11.6 Å². The Labute approximate surface area is 138 Å². The first kappa shape index (κ1) is 17.2. The largest absolute Gasteiger partial charge is 0.392 e. The zero-order valence-corrected chi connectivity index (χ0v) is 15.0. The number of benzene rings is 1. The summed E-state index contributed by atoms with van der Waals surface area (Å²) in [6.45, 7) is 0.701. The van der Waals surface area contributed by atoms with Crippen LogP contribution in [0.1, 0.15) is 6.42 Å². The zero-order chi connectivity index (χ0) is 15.8. The minimum Gasteiger partial charge on any atom is -0.392 e.